The number of rotatable bonds is 8. The molecule has 0 fully saturated rings. The second-order valence-corrected chi connectivity index (χ2v) is 2.97. The largest absolute Gasteiger partial charge is 0.462 e. The Morgan fingerprint density at radius 1 is 1.12 bits per heavy atom. The molecule has 0 saturated carbocycles. The van der Waals surface area contributed by atoms with Crippen LogP contribution in [0.25, 0.3) is 0 Å². The van der Waals surface area contributed by atoms with E-state index in [-0.39, 0.29) is 25.2 Å². The average Bonchev–Trinajstić information content (AvgIpc) is 2.26. The summed E-state index contributed by atoms with van der Waals surface area (Å²) in [7, 11) is 0. The van der Waals surface area contributed by atoms with Crippen LogP contribution in [0.3, 0.4) is 0 Å². The molecule has 0 saturated heterocycles. The lowest BCUT2D eigenvalue weighted by Gasteiger charge is -2.05. The van der Waals surface area contributed by atoms with Crippen molar-refractivity contribution >= 4 is 11.9 Å². The monoisotopic (exact) mass is 224 g/mol. The molecule has 0 atom stereocenters. The van der Waals surface area contributed by atoms with E-state index >= 15 is 0 Å². The summed E-state index contributed by atoms with van der Waals surface area (Å²) in [4.78, 5) is 22.3. The first-order valence-corrected chi connectivity index (χ1v) is 4.84. The van der Waals surface area contributed by atoms with E-state index in [0.717, 1.165) is 0 Å². The van der Waals surface area contributed by atoms with Crippen molar-refractivity contribution in [2.45, 2.75) is 12.8 Å². The van der Waals surface area contributed by atoms with Crippen molar-refractivity contribution in [3.05, 3.63) is 37.5 Å². The van der Waals surface area contributed by atoms with Crippen LogP contribution < -0.4 is 0 Å². The highest BCUT2D eigenvalue weighted by molar-refractivity contribution is 5.93. The van der Waals surface area contributed by atoms with Gasteiger partial charge >= 0.3 is 11.9 Å². The summed E-state index contributed by atoms with van der Waals surface area (Å²) in [6.45, 7) is 10.7. The number of hydrogen-bond acceptors (Lipinski definition) is 4. The van der Waals surface area contributed by atoms with Crippen LogP contribution in [0.15, 0.2) is 37.5 Å². The van der Waals surface area contributed by atoms with Crippen LogP contribution in [0.4, 0.5) is 0 Å². The van der Waals surface area contributed by atoms with Crippen LogP contribution >= 0.6 is 0 Å². The number of ether oxygens (including phenoxy) is 2. The third kappa shape index (κ3) is 6.59. The smallest absolute Gasteiger partial charge is 0.334 e. The van der Waals surface area contributed by atoms with Crippen LogP contribution in [-0.4, -0.2) is 25.2 Å². The molecule has 0 bridgehead atoms. The third-order valence-corrected chi connectivity index (χ3v) is 1.56. The lowest BCUT2D eigenvalue weighted by Crippen LogP contribution is -2.13. The summed E-state index contributed by atoms with van der Waals surface area (Å²) < 4.78 is 9.51. The molecule has 0 aliphatic heterocycles. The van der Waals surface area contributed by atoms with Gasteiger partial charge in [0.25, 0.3) is 0 Å². The average molecular weight is 224 g/mol. The Morgan fingerprint density at radius 3 is 2.38 bits per heavy atom. The number of esters is 2. The van der Waals surface area contributed by atoms with Crippen molar-refractivity contribution in [2.24, 2.45) is 0 Å². The molecule has 88 valence electrons. The molecule has 0 aliphatic rings. The first-order valence-electron chi connectivity index (χ1n) is 4.84. The first kappa shape index (κ1) is 14.2. The van der Waals surface area contributed by atoms with Gasteiger partial charge in [0, 0.05) is 5.57 Å². The molecule has 0 rings (SSSR count). The molecule has 0 N–H and O–H groups in total. The summed E-state index contributed by atoms with van der Waals surface area (Å²) in [5, 5.41) is 0. The van der Waals surface area contributed by atoms with Gasteiger partial charge in [0.05, 0.1) is 13.0 Å². The van der Waals surface area contributed by atoms with E-state index in [4.69, 9.17) is 9.47 Å². The normalized spacial score (nSPS) is 9.00. The number of carbonyl (C=O) groups excluding carboxylic acids is 2. The fourth-order valence-corrected chi connectivity index (χ4v) is 0.786. The van der Waals surface area contributed by atoms with Crippen LogP contribution in [0.1, 0.15) is 12.8 Å². The quantitative estimate of drug-likeness (QED) is 0.273. The van der Waals surface area contributed by atoms with Gasteiger partial charge in [0.15, 0.2) is 0 Å². The fourth-order valence-electron chi connectivity index (χ4n) is 0.786. The Labute approximate surface area is 95.2 Å². The zero-order valence-corrected chi connectivity index (χ0v) is 9.24. The van der Waals surface area contributed by atoms with Crippen LogP contribution in [-0.2, 0) is 19.1 Å². The molecule has 0 radical (unpaired) electrons. The summed E-state index contributed by atoms with van der Waals surface area (Å²) in [5.74, 6) is -1.11. The lowest BCUT2D eigenvalue weighted by molar-refractivity contribution is -0.145. The van der Waals surface area contributed by atoms with Crippen molar-refractivity contribution in [3.63, 3.8) is 0 Å². The maximum atomic E-state index is 11.2. The van der Waals surface area contributed by atoms with Crippen molar-refractivity contribution < 1.29 is 19.1 Å². The summed E-state index contributed by atoms with van der Waals surface area (Å²) in [6.07, 6.45) is 3.48. The fraction of sp³-hybridized carbons (Fsp3) is 0.333. The standard InChI is InChI=1S/C12H16O4/c1-4-6-8-16-12(14)10(3)9-11(13)15-7-5-2/h4-5H,1-3,6-9H2. The molecule has 16 heavy (non-hydrogen) atoms. The zero-order chi connectivity index (χ0) is 12.4. The summed E-state index contributed by atoms with van der Waals surface area (Å²) in [6, 6.07) is 0. The van der Waals surface area contributed by atoms with Gasteiger partial charge in [-0.05, 0) is 6.42 Å². The maximum Gasteiger partial charge on any atom is 0.334 e. The van der Waals surface area contributed by atoms with Crippen molar-refractivity contribution in [3.8, 4) is 0 Å². The highest BCUT2D eigenvalue weighted by Gasteiger charge is 2.13. The molecule has 0 heterocycles. The molecule has 0 aromatic rings. The van der Waals surface area contributed by atoms with Crippen LogP contribution in [0.2, 0.25) is 0 Å². The molecule has 0 aliphatic carbocycles. The van der Waals surface area contributed by atoms with Crippen molar-refractivity contribution in [1.82, 2.24) is 0 Å². The van der Waals surface area contributed by atoms with Gasteiger partial charge in [-0.25, -0.2) is 4.79 Å². The molecule has 0 aromatic carbocycles. The molecular formula is C12H16O4. The Kier molecular flexibility index (Phi) is 7.49. The third-order valence-electron chi connectivity index (χ3n) is 1.56. The van der Waals surface area contributed by atoms with Gasteiger partial charge in [0.1, 0.15) is 6.61 Å². The Hall–Kier alpha value is -1.84. The lowest BCUT2D eigenvalue weighted by atomic mass is 10.2. The molecule has 4 heteroatoms. The highest BCUT2D eigenvalue weighted by atomic mass is 16.5. The minimum absolute atomic E-state index is 0.0816. The first-order chi connectivity index (χ1) is 7.61. The Balaban J connectivity index is 3.86. The molecule has 4 nitrogen and oxygen atoms in total. The number of carbonyl (C=O) groups is 2. The van der Waals surface area contributed by atoms with Gasteiger partial charge in [-0.3, -0.25) is 4.79 Å². The Bertz CT molecular complexity index is 291. The van der Waals surface area contributed by atoms with E-state index < -0.39 is 11.9 Å². The van der Waals surface area contributed by atoms with Crippen molar-refractivity contribution in [2.75, 3.05) is 13.2 Å². The summed E-state index contributed by atoms with van der Waals surface area (Å²) >= 11 is 0. The van der Waals surface area contributed by atoms with E-state index in [0.29, 0.717) is 6.42 Å². The van der Waals surface area contributed by atoms with E-state index in [2.05, 4.69) is 19.7 Å². The molecule has 0 amide bonds. The van der Waals surface area contributed by atoms with Gasteiger partial charge in [-0.2, -0.15) is 0 Å². The molecule has 0 aromatic heterocycles. The van der Waals surface area contributed by atoms with Crippen LogP contribution in [0.5, 0.6) is 0 Å². The van der Waals surface area contributed by atoms with E-state index in [1.54, 1.807) is 6.08 Å². The second-order valence-electron chi connectivity index (χ2n) is 2.97. The summed E-state index contributed by atoms with van der Waals surface area (Å²) in [5.41, 5.74) is 0.0816. The minimum atomic E-state index is -0.586. The molecule has 0 spiro atoms. The van der Waals surface area contributed by atoms with E-state index in [9.17, 15) is 9.59 Å². The maximum absolute atomic E-state index is 11.2. The molecule has 0 unspecified atom stereocenters. The van der Waals surface area contributed by atoms with Crippen LogP contribution in [0, 0.1) is 0 Å². The predicted molar refractivity (Wildman–Crippen MR) is 60.7 cm³/mol. The zero-order valence-electron chi connectivity index (χ0n) is 9.24. The number of hydrogen-bond donors (Lipinski definition) is 0. The molecular weight excluding hydrogens is 208 g/mol. The SMILES string of the molecule is C=CCCOC(=O)C(=C)CC(=O)OCC=C. The minimum Gasteiger partial charge on any atom is -0.462 e. The van der Waals surface area contributed by atoms with Gasteiger partial charge in [-0.1, -0.05) is 25.3 Å². The van der Waals surface area contributed by atoms with Gasteiger partial charge in [0.2, 0.25) is 0 Å². The van der Waals surface area contributed by atoms with E-state index in [1.807, 2.05) is 0 Å². The van der Waals surface area contributed by atoms with Crippen molar-refractivity contribution in [1.29, 1.82) is 0 Å². The van der Waals surface area contributed by atoms with Gasteiger partial charge < -0.3 is 9.47 Å². The predicted octanol–water partition coefficient (Wildman–Crippen LogP) is 1.78. The Morgan fingerprint density at radius 2 is 1.81 bits per heavy atom. The van der Waals surface area contributed by atoms with E-state index in [1.165, 1.54) is 6.08 Å². The second kappa shape index (κ2) is 8.47. The van der Waals surface area contributed by atoms with Gasteiger partial charge in [-0.15, -0.1) is 6.58 Å². The topological polar surface area (TPSA) is 52.6 Å². The highest BCUT2D eigenvalue weighted by Crippen LogP contribution is 2.03.